The van der Waals surface area contributed by atoms with E-state index in [0.29, 0.717) is 0 Å². The first-order valence-corrected chi connectivity index (χ1v) is 9.55. The molecule has 1 aromatic heterocycles. The third-order valence-corrected chi connectivity index (χ3v) is 5.54. The van der Waals surface area contributed by atoms with E-state index in [9.17, 15) is 0 Å². The van der Waals surface area contributed by atoms with Crippen LogP contribution in [0.1, 0.15) is 5.56 Å². The molecule has 0 bridgehead atoms. The van der Waals surface area contributed by atoms with Crippen LogP contribution in [0.3, 0.4) is 0 Å². The van der Waals surface area contributed by atoms with E-state index in [4.69, 9.17) is 0 Å². The topological polar surface area (TPSA) is 16.8 Å². The molecule has 4 aromatic carbocycles. The molecule has 0 saturated carbocycles. The summed E-state index contributed by atoms with van der Waals surface area (Å²) < 4.78 is 1.93. The molecule has 0 N–H and O–H groups in total. The Labute approximate surface area is 164 Å². The van der Waals surface area contributed by atoms with Gasteiger partial charge in [0.25, 0.3) is 0 Å². The van der Waals surface area contributed by atoms with Crippen LogP contribution in [0.5, 0.6) is 0 Å². The van der Waals surface area contributed by atoms with Crippen molar-refractivity contribution in [3.05, 3.63) is 96.7 Å². The molecule has 0 unspecified atom stereocenters. The van der Waals surface area contributed by atoms with Gasteiger partial charge in [-0.25, -0.2) is 0 Å². The summed E-state index contributed by atoms with van der Waals surface area (Å²) in [6.07, 6.45) is 1.82. The van der Waals surface area contributed by atoms with Crippen LogP contribution in [0.25, 0.3) is 43.9 Å². The first kappa shape index (κ1) is 16.6. The van der Waals surface area contributed by atoms with Gasteiger partial charge in [-0.1, -0.05) is 71.4 Å². The number of hydrogen-bond acceptors (Lipinski definition) is 1. The molecular formula is C26H21N2+. The van der Waals surface area contributed by atoms with E-state index in [1.54, 1.807) is 0 Å². The Hall–Kier alpha value is -3.52. The Kier molecular flexibility index (Phi) is 3.91. The van der Waals surface area contributed by atoms with Gasteiger partial charge in [-0.05, 0) is 62.4 Å². The normalized spacial score (nSPS) is 11.2. The molecule has 2 heteroatoms. The Bertz CT molecular complexity index is 1340. The monoisotopic (exact) mass is 361 g/mol. The van der Waals surface area contributed by atoms with E-state index < -0.39 is 0 Å². The van der Waals surface area contributed by atoms with Crippen LogP contribution in [0.2, 0.25) is 0 Å². The van der Waals surface area contributed by atoms with Crippen LogP contribution in [-0.2, 0) is 7.05 Å². The molecule has 0 aliphatic carbocycles. The summed E-state index contributed by atoms with van der Waals surface area (Å²) in [6.45, 7) is 2.16. The lowest BCUT2D eigenvalue weighted by molar-refractivity contribution is -0.720. The third kappa shape index (κ3) is 2.66. The maximum atomic E-state index is 4.40. The van der Waals surface area contributed by atoms with Gasteiger partial charge in [0.05, 0.1) is 11.8 Å². The molecule has 5 aromatic rings. The fourth-order valence-electron chi connectivity index (χ4n) is 4.06. The average molecular weight is 361 g/mol. The minimum atomic E-state index is 1.12. The Morgan fingerprint density at radius 3 is 2.43 bits per heavy atom. The molecule has 2 nitrogen and oxygen atoms in total. The molecular weight excluding hydrogens is 340 g/mol. The second kappa shape index (κ2) is 6.58. The first-order valence-electron chi connectivity index (χ1n) is 9.55. The summed E-state index contributed by atoms with van der Waals surface area (Å²) in [5.74, 6) is 0. The molecule has 0 aliphatic rings. The number of nitrogens with zero attached hydrogens (tertiary/aromatic N) is 2. The minimum absolute atomic E-state index is 1.12. The number of benzene rings is 4. The van der Waals surface area contributed by atoms with Crippen LogP contribution < -0.4 is 4.68 Å². The highest BCUT2D eigenvalue weighted by atomic mass is 15.2. The van der Waals surface area contributed by atoms with E-state index >= 15 is 0 Å². The highest BCUT2D eigenvalue weighted by Crippen LogP contribution is 2.35. The SMILES string of the molecule is Cc1ccc(-c2cccc3c2ccc2ccccc23)cc1-c1cccn[n+]1C. The van der Waals surface area contributed by atoms with Gasteiger partial charge in [0, 0.05) is 6.07 Å². The molecule has 0 radical (unpaired) electrons. The zero-order valence-electron chi connectivity index (χ0n) is 16.1. The van der Waals surface area contributed by atoms with E-state index in [0.717, 1.165) is 5.69 Å². The number of aromatic nitrogens is 2. The predicted octanol–water partition coefficient (Wildman–Crippen LogP) is 5.85. The van der Waals surface area contributed by atoms with E-state index in [-0.39, 0.29) is 0 Å². The van der Waals surface area contributed by atoms with E-state index in [1.165, 1.54) is 43.8 Å². The number of rotatable bonds is 2. The van der Waals surface area contributed by atoms with Crippen LogP contribution in [0.4, 0.5) is 0 Å². The number of hydrogen-bond donors (Lipinski definition) is 0. The van der Waals surface area contributed by atoms with Crippen molar-refractivity contribution in [1.29, 1.82) is 0 Å². The summed E-state index contributed by atoms with van der Waals surface area (Å²) in [6, 6.07) is 30.5. The maximum absolute atomic E-state index is 4.40. The largest absolute Gasteiger partial charge is 0.239 e. The molecule has 0 amide bonds. The Morgan fingerprint density at radius 1 is 0.679 bits per heavy atom. The van der Waals surface area contributed by atoms with Crippen LogP contribution in [-0.4, -0.2) is 5.10 Å². The van der Waals surface area contributed by atoms with Gasteiger partial charge < -0.3 is 0 Å². The minimum Gasteiger partial charge on any atom is -0.0865 e. The summed E-state index contributed by atoms with van der Waals surface area (Å²) >= 11 is 0. The Balaban J connectivity index is 1.76. The fraction of sp³-hybridized carbons (Fsp3) is 0.0769. The van der Waals surface area contributed by atoms with E-state index in [2.05, 4.69) is 90.9 Å². The zero-order chi connectivity index (χ0) is 19.1. The lowest BCUT2D eigenvalue weighted by Gasteiger charge is -2.11. The number of fused-ring (bicyclic) bond motifs is 3. The molecule has 5 rings (SSSR count). The molecule has 0 atom stereocenters. The maximum Gasteiger partial charge on any atom is 0.239 e. The molecule has 134 valence electrons. The summed E-state index contributed by atoms with van der Waals surface area (Å²) in [5.41, 5.74) is 6.07. The molecule has 0 saturated heterocycles. The van der Waals surface area contributed by atoms with Gasteiger partial charge in [-0.15, -0.1) is 0 Å². The van der Waals surface area contributed by atoms with Gasteiger partial charge >= 0.3 is 0 Å². The molecule has 0 spiro atoms. The Morgan fingerprint density at radius 2 is 1.54 bits per heavy atom. The summed E-state index contributed by atoms with van der Waals surface area (Å²) in [4.78, 5) is 0. The average Bonchev–Trinajstić information content (AvgIpc) is 2.74. The molecule has 28 heavy (non-hydrogen) atoms. The highest BCUT2D eigenvalue weighted by Gasteiger charge is 2.15. The standard InChI is InChI=1S/C26H21N2/c1-18-12-13-20(17-25(18)26-11-6-16-27-28(26)2)22-9-5-10-23-21-8-4-3-7-19(21)14-15-24(22)23/h3-17H,1-2H3/q+1. The second-order valence-electron chi connectivity index (χ2n) is 7.25. The molecule has 0 aliphatic heterocycles. The quantitative estimate of drug-likeness (QED) is 0.284. The second-order valence-corrected chi connectivity index (χ2v) is 7.25. The van der Waals surface area contributed by atoms with Gasteiger partial charge in [-0.3, -0.25) is 0 Å². The smallest absolute Gasteiger partial charge is 0.0865 e. The van der Waals surface area contributed by atoms with Gasteiger partial charge in [0.15, 0.2) is 7.05 Å². The van der Waals surface area contributed by atoms with Gasteiger partial charge in [-0.2, -0.15) is 0 Å². The predicted molar refractivity (Wildman–Crippen MR) is 116 cm³/mol. The summed E-state index contributed by atoms with van der Waals surface area (Å²) in [7, 11) is 1.99. The zero-order valence-corrected chi connectivity index (χ0v) is 16.1. The van der Waals surface area contributed by atoms with Gasteiger partial charge in [0.1, 0.15) is 0 Å². The van der Waals surface area contributed by atoms with Crippen LogP contribution in [0.15, 0.2) is 91.1 Å². The summed E-state index contributed by atoms with van der Waals surface area (Å²) in [5, 5.41) is 9.56. The van der Waals surface area contributed by atoms with Crippen molar-refractivity contribution in [1.82, 2.24) is 5.10 Å². The van der Waals surface area contributed by atoms with Crippen LogP contribution >= 0.6 is 0 Å². The fourth-order valence-corrected chi connectivity index (χ4v) is 4.06. The van der Waals surface area contributed by atoms with Crippen LogP contribution in [0, 0.1) is 6.92 Å². The highest BCUT2D eigenvalue weighted by molar-refractivity contribution is 6.12. The van der Waals surface area contributed by atoms with Crippen molar-refractivity contribution < 1.29 is 4.68 Å². The van der Waals surface area contributed by atoms with Crippen molar-refractivity contribution in [2.75, 3.05) is 0 Å². The van der Waals surface area contributed by atoms with Crippen molar-refractivity contribution in [2.24, 2.45) is 7.05 Å². The lowest BCUT2D eigenvalue weighted by atomic mass is 9.92. The van der Waals surface area contributed by atoms with Gasteiger partial charge in [0.2, 0.25) is 5.69 Å². The van der Waals surface area contributed by atoms with E-state index in [1.807, 2.05) is 24.0 Å². The van der Waals surface area contributed by atoms with Crippen molar-refractivity contribution in [3.63, 3.8) is 0 Å². The first-order chi connectivity index (χ1) is 13.7. The third-order valence-electron chi connectivity index (χ3n) is 5.54. The molecule has 1 heterocycles. The van der Waals surface area contributed by atoms with Crippen molar-refractivity contribution >= 4 is 21.5 Å². The number of aryl methyl sites for hydroxylation is 2. The van der Waals surface area contributed by atoms with Crippen molar-refractivity contribution in [3.8, 4) is 22.4 Å². The van der Waals surface area contributed by atoms with Crippen molar-refractivity contribution in [2.45, 2.75) is 6.92 Å². The molecule has 0 fully saturated rings. The lowest BCUT2D eigenvalue weighted by Crippen LogP contribution is -2.35.